The van der Waals surface area contributed by atoms with Gasteiger partial charge in [-0.1, -0.05) is 60.3 Å². The van der Waals surface area contributed by atoms with E-state index >= 15 is 0 Å². The third-order valence-electron chi connectivity index (χ3n) is 4.85. The average molecular weight is 447 g/mol. The highest BCUT2D eigenvalue weighted by Gasteiger charge is 2.27. The zero-order chi connectivity index (χ0) is 22.7. The number of carbonyl (C=O) groups is 1. The van der Waals surface area contributed by atoms with Crippen molar-refractivity contribution in [2.45, 2.75) is 43.0 Å². The predicted molar refractivity (Wildman–Crippen MR) is 128 cm³/mol. The van der Waals surface area contributed by atoms with E-state index in [2.05, 4.69) is 5.10 Å². The fourth-order valence-corrected chi connectivity index (χ4v) is 4.23. The van der Waals surface area contributed by atoms with Gasteiger partial charge in [0.05, 0.1) is 16.1 Å². The molecule has 0 aliphatic heterocycles. The molecule has 3 aromatic carbocycles. The molecule has 0 spiro atoms. The molecule has 0 atom stereocenters. The van der Waals surface area contributed by atoms with Crippen molar-refractivity contribution in [3.8, 4) is 11.6 Å². The van der Waals surface area contributed by atoms with Crippen LogP contribution in [-0.4, -0.2) is 22.4 Å². The highest BCUT2D eigenvalue weighted by atomic mass is 32.2. The van der Waals surface area contributed by atoms with E-state index in [4.69, 9.17) is 9.47 Å². The van der Waals surface area contributed by atoms with Gasteiger partial charge in [-0.05, 0) is 62.7 Å². The third-order valence-corrected chi connectivity index (χ3v) is 6.03. The quantitative estimate of drug-likeness (QED) is 0.328. The smallest absolute Gasteiger partial charge is 0.350 e. The molecule has 0 fully saturated rings. The van der Waals surface area contributed by atoms with Crippen LogP contribution in [-0.2, 0) is 10.3 Å². The van der Waals surface area contributed by atoms with Crippen LogP contribution in [0.3, 0.4) is 0 Å². The molecule has 164 valence electrons. The lowest BCUT2D eigenvalue weighted by atomic mass is 10.1. The first kappa shape index (κ1) is 22.0. The number of nitrogens with zero attached hydrogens (tertiary/aromatic N) is 2. The summed E-state index contributed by atoms with van der Waals surface area (Å²) in [5.41, 5.74) is 0.460. The number of hydrogen-bond donors (Lipinski definition) is 0. The molecule has 0 N–H and O–H groups in total. The SMILES string of the molecule is Cc1nn(C(C)(C)C)c(OC(=O)COc2ccc3ccccc3c2)c1Sc1ccccc1. The van der Waals surface area contributed by atoms with E-state index in [-0.39, 0.29) is 12.1 Å². The Hall–Kier alpha value is -3.25. The second-order valence-electron chi connectivity index (χ2n) is 8.49. The van der Waals surface area contributed by atoms with Crippen LogP contribution in [0.25, 0.3) is 10.8 Å². The maximum absolute atomic E-state index is 12.7. The van der Waals surface area contributed by atoms with Crippen LogP contribution in [0.4, 0.5) is 0 Å². The lowest BCUT2D eigenvalue weighted by Crippen LogP contribution is -2.27. The van der Waals surface area contributed by atoms with Gasteiger partial charge in [-0.25, -0.2) is 9.48 Å². The number of fused-ring (bicyclic) bond motifs is 1. The summed E-state index contributed by atoms with van der Waals surface area (Å²) in [7, 11) is 0. The minimum atomic E-state index is -0.474. The van der Waals surface area contributed by atoms with Crippen LogP contribution in [0.2, 0.25) is 0 Å². The fraction of sp³-hybridized carbons (Fsp3) is 0.231. The summed E-state index contributed by atoms with van der Waals surface area (Å²) in [5, 5.41) is 6.84. The fourth-order valence-electron chi connectivity index (χ4n) is 3.30. The Morgan fingerprint density at radius 3 is 2.38 bits per heavy atom. The first-order valence-corrected chi connectivity index (χ1v) is 11.3. The van der Waals surface area contributed by atoms with E-state index < -0.39 is 5.97 Å². The Bertz CT molecular complexity index is 1240. The summed E-state index contributed by atoms with van der Waals surface area (Å²) >= 11 is 1.53. The molecule has 4 rings (SSSR count). The lowest BCUT2D eigenvalue weighted by Gasteiger charge is -2.22. The number of rotatable bonds is 6. The first-order valence-electron chi connectivity index (χ1n) is 10.5. The number of carbonyl (C=O) groups excluding carboxylic acids is 1. The molecule has 0 bridgehead atoms. The van der Waals surface area contributed by atoms with E-state index in [9.17, 15) is 4.79 Å². The van der Waals surface area contributed by atoms with E-state index in [1.165, 1.54) is 11.8 Å². The second-order valence-corrected chi connectivity index (χ2v) is 9.57. The number of aromatic nitrogens is 2. The summed E-state index contributed by atoms with van der Waals surface area (Å²) in [4.78, 5) is 14.6. The van der Waals surface area contributed by atoms with Crippen LogP contribution >= 0.6 is 11.8 Å². The Balaban J connectivity index is 1.54. The average Bonchev–Trinajstić information content (AvgIpc) is 3.08. The van der Waals surface area contributed by atoms with Gasteiger partial charge in [0, 0.05) is 4.90 Å². The van der Waals surface area contributed by atoms with Crippen molar-refractivity contribution >= 4 is 28.5 Å². The molecule has 0 saturated heterocycles. The second kappa shape index (κ2) is 9.09. The van der Waals surface area contributed by atoms with Gasteiger partial charge in [0.25, 0.3) is 0 Å². The Morgan fingerprint density at radius 1 is 0.969 bits per heavy atom. The summed E-state index contributed by atoms with van der Waals surface area (Å²) in [6.07, 6.45) is 0. The van der Waals surface area contributed by atoms with Gasteiger partial charge in [0.2, 0.25) is 5.88 Å². The van der Waals surface area contributed by atoms with Gasteiger partial charge in [-0.2, -0.15) is 5.10 Å². The summed E-state index contributed by atoms with van der Waals surface area (Å²) < 4.78 is 13.3. The van der Waals surface area contributed by atoms with E-state index in [1.807, 2.05) is 100 Å². The van der Waals surface area contributed by atoms with E-state index in [0.29, 0.717) is 11.6 Å². The van der Waals surface area contributed by atoms with Crippen molar-refractivity contribution in [3.63, 3.8) is 0 Å². The zero-order valence-corrected chi connectivity index (χ0v) is 19.5. The Morgan fingerprint density at radius 2 is 1.66 bits per heavy atom. The van der Waals surface area contributed by atoms with Crippen molar-refractivity contribution in [1.82, 2.24) is 9.78 Å². The standard InChI is InChI=1S/C26H26N2O3S/c1-18-24(32-22-12-6-5-7-13-22)25(28(27-18)26(2,3)4)31-23(29)17-30-21-15-14-19-10-8-9-11-20(19)16-21/h5-16H,17H2,1-4H3. The number of benzene rings is 3. The van der Waals surface area contributed by atoms with Crippen molar-refractivity contribution in [2.75, 3.05) is 6.61 Å². The number of esters is 1. The van der Waals surface area contributed by atoms with Gasteiger partial charge in [-0.15, -0.1) is 0 Å². The summed E-state index contributed by atoms with van der Waals surface area (Å²) in [6, 6.07) is 23.7. The van der Waals surface area contributed by atoms with Gasteiger partial charge < -0.3 is 9.47 Å². The zero-order valence-electron chi connectivity index (χ0n) is 18.7. The molecule has 0 radical (unpaired) electrons. The van der Waals surface area contributed by atoms with Crippen molar-refractivity contribution in [2.24, 2.45) is 0 Å². The van der Waals surface area contributed by atoms with Crippen LogP contribution < -0.4 is 9.47 Å². The molecule has 4 aromatic rings. The summed E-state index contributed by atoms with van der Waals surface area (Å²) in [5.74, 6) is 0.592. The number of ether oxygens (including phenoxy) is 2. The van der Waals surface area contributed by atoms with Crippen molar-refractivity contribution in [3.05, 3.63) is 78.5 Å². The Kier molecular flexibility index (Phi) is 6.24. The molecule has 0 amide bonds. The molecule has 32 heavy (non-hydrogen) atoms. The minimum Gasteiger partial charge on any atom is -0.482 e. The lowest BCUT2D eigenvalue weighted by molar-refractivity contribution is -0.137. The maximum Gasteiger partial charge on any atom is 0.350 e. The van der Waals surface area contributed by atoms with Gasteiger partial charge in [0.15, 0.2) is 6.61 Å². The van der Waals surface area contributed by atoms with Crippen LogP contribution in [0.5, 0.6) is 11.6 Å². The van der Waals surface area contributed by atoms with Gasteiger partial charge >= 0.3 is 5.97 Å². The molecule has 5 nitrogen and oxygen atoms in total. The normalized spacial score (nSPS) is 11.5. The molecule has 0 saturated carbocycles. The Labute approximate surface area is 192 Å². The highest BCUT2D eigenvalue weighted by Crippen LogP contribution is 2.40. The van der Waals surface area contributed by atoms with Gasteiger partial charge in [-0.3, -0.25) is 0 Å². The third kappa shape index (κ3) is 4.97. The van der Waals surface area contributed by atoms with Crippen LogP contribution in [0.1, 0.15) is 26.5 Å². The topological polar surface area (TPSA) is 53.4 Å². The van der Waals surface area contributed by atoms with Crippen molar-refractivity contribution < 1.29 is 14.3 Å². The molecule has 0 aliphatic rings. The molecule has 6 heteroatoms. The highest BCUT2D eigenvalue weighted by molar-refractivity contribution is 7.99. The maximum atomic E-state index is 12.7. The first-order chi connectivity index (χ1) is 15.3. The van der Waals surface area contributed by atoms with Crippen molar-refractivity contribution in [1.29, 1.82) is 0 Å². The number of hydrogen-bond acceptors (Lipinski definition) is 5. The largest absolute Gasteiger partial charge is 0.482 e. The molecule has 0 aliphatic carbocycles. The molecule has 1 heterocycles. The molecular weight excluding hydrogens is 420 g/mol. The minimum absolute atomic E-state index is 0.192. The summed E-state index contributed by atoms with van der Waals surface area (Å²) in [6.45, 7) is 7.82. The molecule has 1 aromatic heterocycles. The van der Waals surface area contributed by atoms with Crippen LogP contribution in [0, 0.1) is 6.92 Å². The molecule has 0 unspecified atom stereocenters. The van der Waals surface area contributed by atoms with Crippen LogP contribution in [0.15, 0.2) is 82.6 Å². The predicted octanol–water partition coefficient (Wildman–Crippen LogP) is 6.24. The van der Waals surface area contributed by atoms with Gasteiger partial charge in [0.1, 0.15) is 5.75 Å². The number of aryl methyl sites for hydroxylation is 1. The monoisotopic (exact) mass is 446 g/mol. The van der Waals surface area contributed by atoms with E-state index in [0.717, 1.165) is 26.3 Å². The van der Waals surface area contributed by atoms with E-state index in [1.54, 1.807) is 4.68 Å². The molecular formula is C26H26N2O3S.